The molecular formula is C6H14S3. The normalized spacial score (nSPS) is 7.56. The van der Waals surface area contributed by atoms with Gasteiger partial charge in [0.25, 0.3) is 0 Å². The Bertz CT molecular complexity index is 55.3. The number of hydrogen-bond acceptors (Lipinski definition) is 3. The minimum Gasteiger partial charge on any atom is -0.163 e. The number of hydrogen-bond donors (Lipinski definition) is 2. The average Bonchev–Trinajstić information content (AvgIpc) is 1.66. The molecule has 0 aromatic carbocycles. The van der Waals surface area contributed by atoms with Gasteiger partial charge in [0.15, 0.2) is 0 Å². The third-order valence-electron chi connectivity index (χ3n) is 0.408. The maximum atomic E-state index is 3.64. The molecule has 0 spiro atoms. The fourth-order valence-electron chi connectivity index (χ4n) is 0.204. The molecule has 0 amide bonds. The summed E-state index contributed by atoms with van der Waals surface area (Å²) in [7, 11) is 0. The van der Waals surface area contributed by atoms with Gasteiger partial charge in [-0.05, 0) is 11.5 Å². The Kier molecular flexibility index (Phi) is 16.0. The molecule has 56 valence electrons. The third kappa shape index (κ3) is 52.1. The zero-order chi connectivity index (χ0) is 7.70. The highest BCUT2D eigenvalue weighted by Crippen LogP contribution is 1.96. The largest absolute Gasteiger partial charge is 0.163 e. The van der Waals surface area contributed by atoms with E-state index < -0.39 is 0 Å². The van der Waals surface area contributed by atoms with Crippen molar-refractivity contribution in [3.05, 3.63) is 10.8 Å². The number of rotatable bonds is 2. The van der Waals surface area contributed by atoms with Crippen LogP contribution in [-0.2, 0) is 0 Å². The van der Waals surface area contributed by atoms with Crippen molar-refractivity contribution in [1.29, 1.82) is 0 Å². The van der Waals surface area contributed by atoms with E-state index in [1.54, 1.807) is 0 Å². The van der Waals surface area contributed by atoms with Crippen LogP contribution >= 0.6 is 37.0 Å². The summed E-state index contributed by atoms with van der Waals surface area (Å²) in [5.74, 6) is 2.52. The van der Waals surface area contributed by atoms with Crippen molar-refractivity contribution in [2.75, 3.05) is 11.5 Å². The summed E-state index contributed by atoms with van der Waals surface area (Å²) < 4.78 is 0.556. The van der Waals surface area contributed by atoms with E-state index in [4.69, 9.17) is 0 Å². The molecule has 0 rings (SSSR count). The van der Waals surface area contributed by atoms with E-state index in [2.05, 4.69) is 45.7 Å². The Morgan fingerprint density at radius 3 is 1.56 bits per heavy atom. The van der Waals surface area contributed by atoms with Crippen LogP contribution in [0.15, 0.2) is 10.8 Å². The van der Waals surface area contributed by atoms with Crippen molar-refractivity contribution in [2.24, 2.45) is 0 Å². The Balaban J connectivity index is 0. The molecule has 0 saturated carbocycles. The first kappa shape index (κ1) is 12.5. The van der Waals surface area contributed by atoms with Crippen LogP contribution in [0.3, 0.4) is 0 Å². The molecule has 0 saturated heterocycles. The van der Waals surface area contributed by atoms with E-state index in [1.165, 1.54) is 11.5 Å². The molecule has 0 fully saturated rings. The summed E-state index contributed by atoms with van der Waals surface area (Å²) in [4.78, 5) is 0. The minimum atomic E-state index is 0.556. The van der Waals surface area contributed by atoms with Crippen LogP contribution in [0.1, 0.15) is 13.8 Å². The third-order valence-corrected chi connectivity index (χ3v) is 1.22. The zero-order valence-corrected chi connectivity index (χ0v) is 8.53. The summed E-state index contributed by atoms with van der Waals surface area (Å²) in [5, 5.41) is 0. The Morgan fingerprint density at radius 2 is 1.56 bits per heavy atom. The van der Waals surface area contributed by atoms with Crippen LogP contribution in [0.4, 0.5) is 0 Å². The van der Waals surface area contributed by atoms with Gasteiger partial charge in [0, 0.05) is 4.24 Å². The molecule has 0 heterocycles. The highest BCUT2D eigenvalue weighted by atomic mass is 32.2. The van der Waals surface area contributed by atoms with Gasteiger partial charge in [-0.3, -0.25) is 0 Å². The van der Waals surface area contributed by atoms with Crippen molar-refractivity contribution in [3.8, 4) is 0 Å². The van der Waals surface area contributed by atoms with Crippen molar-refractivity contribution in [1.82, 2.24) is 0 Å². The van der Waals surface area contributed by atoms with Crippen molar-refractivity contribution >= 4 is 37.0 Å². The van der Waals surface area contributed by atoms with E-state index in [0.717, 1.165) is 0 Å². The van der Waals surface area contributed by atoms with Crippen LogP contribution in [0.2, 0.25) is 0 Å². The van der Waals surface area contributed by atoms with E-state index in [-0.39, 0.29) is 0 Å². The van der Waals surface area contributed by atoms with E-state index in [0.29, 0.717) is 4.24 Å². The maximum Gasteiger partial charge on any atom is 0.0267 e. The highest BCUT2D eigenvalue weighted by molar-refractivity contribution is 8.04. The molecule has 0 unspecified atom stereocenters. The Morgan fingerprint density at radius 1 is 1.33 bits per heavy atom. The smallest absolute Gasteiger partial charge is 0.0267 e. The van der Waals surface area contributed by atoms with Crippen LogP contribution in [0.5, 0.6) is 0 Å². The van der Waals surface area contributed by atoms with Gasteiger partial charge in [-0.1, -0.05) is 20.4 Å². The first-order valence-corrected chi connectivity index (χ1v) is 4.84. The molecule has 0 atom stereocenters. The molecule has 9 heavy (non-hydrogen) atoms. The summed E-state index contributed by atoms with van der Waals surface area (Å²) in [5.41, 5.74) is 0. The minimum absolute atomic E-state index is 0.556. The Hall–Kier alpha value is 0.790. The van der Waals surface area contributed by atoms with Gasteiger partial charge in [0.2, 0.25) is 0 Å². The van der Waals surface area contributed by atoms with Crippen LogP contribution < -0.4 is 0 Å². The molecule has 0 N–H and O–H groups in total. The van der Waals surface area contributed by atoms with Gasteiger partial charge in [-0.25, -0.2) is 0 Å². The van der Waals surface area contributed by atoms with Crippen LogP contribution in [0.25, 0.3) is 0 Å². The second-order valence-corrected chi connectivity index (χ2v) is 4.19. The van der Waals surface area contributed by atoms with Gasteiger partial charge in [0.1, 0.15) is 0 Å². The van der Waals surface area contributed by atoms with Crippen LogP contribution in [0, 0.1) is 0 Å². The average molecular weight is 182 g/mol. The monoisotopic (exact) mass is 182 g/mol. The fraction of sp³-hybridized carbons (Fsp3) is 0.667. The topological polar surface area (TPSA) is 0 Å². The quantitative estimate of drug-likeness (QED) is 0.619. The van der Waals surface area contributed by atoms with Crippen LogP contribution in [-0.4, -0.2) is 11.5 Å². The lowest BCUT2D eigenvalue weighted by Crippen LogP contribution is -1.64. The van der Waals surface area contributed by atoms with Gasteiger partial charge >= 0.3 is 0 Å². The SMILES string of the molecule is C=C(S)S.CCSCC. The number of thiol groups is 2. The Labute approximate surface area is 73.3 Å². The molecule has 0 radical (unpaired) electrons. The predicted molar refractivity (Wildman–Crippen MR) is 55.8 cm³/mol. The predicted octanol–water partition coefficient (Wildman–Crippen LogP) is 3.08. The van der Waals surface area contributed by atoms with Gasteiger partial charge < -0.3 is 0 Å². The second kappa shape index (κ2) is 11.6. The van der Waals surface area contributed by atoms with Crippen molar-refractivity contribution < 1.29 is 0 Å². The first-order chi connectivity index (χ1) is 4.15. The standard InChI is InChI=1S/C4H10S.C2H4S2/c1-3-5-4-2;1-2(3)4/h3-4H2,1-2H3;3-4H,1H2. The van der Waals surface area contributed by atoms with Gasteiger partial charge in [-0.15, -0.1) is 25.3 Å². The molecular weight excluding hydrogens is 168 g/mol. The number of thioether (sulfide) groups is 1. The summed E-state index contributed by atoms with van der Waals surface area (Å²) in [6, 6.07) is 0. The van der Waals surface area contributed by atoms with Crippen molar-refractivity contribution in [3.63, 3.8) is 0 Å². The second-order valence-electron chi connectivity index (χ2n) is 1.20. The molecule has 3 heteroatoms. The van der Waals surface area contributed by atoms with Crippen molar-refractivity contribution in [2.45, 2.75) is 13.8 Å². The molecule has 0 aliphatic carbocycles. The van der Waals surface area contributed by atoms with Gasteiger partial charge in [-0.2, -0.15) is 11.8 Å². The molecule has 0 aromatic heterocycles. The first-order valence-electron chi connectivity index (χ1n) is 2.79. The maximum absolute atomic E-state index is 3.64. The summed E-state index contributed by atoms with van der Waals surface area (Å²) in [6.45, 7) is 7.63. The van der Waals surface area contributed by atoms with E-state index >= 15 is 0 Å². The summed E-state index contributed by atoms with van der Waals surface area (Å²) >= 11 is 9.23. The lowest BCUT2D eigenvalue weighted by molar-refractivity contribution is 1.46. The summed E-state index contributed by atoms with van der Waals surface area (Å²) in [6.07, 6.45) is 0. The lowest BCUT2D eigenvalue weighted by atomic mass is 11.0. The highest BCUT2D eigenvalue weighted by Gasteiger charge is 1.67. The van der Waals surface area contributed by atoms with E-state index in [1.807, 2.05) is 11.8 Å². The molecule has 0 aromatic rings. The van der Waals surface area contributed by atoms with E-state index in [9.17, 15) is 0 Å². The fourth-order valence-corrected chi connectivity index (χ4v) is 0.612. The lowest BCUT2D eigenvalue weighted by Gasteiger charge is -1.80. The molecule has 0 nitrogen and oxygen atoms in total. The molecule has 0 aliphatic heterocycles. The molecule has 0 aliphatic rings. The van der Waals surface area contributed by atoms with Gasteiger partial charge in [0.05, 0.1) is 0 Å². The zero-order valence-electron chi connectivity index (χ0n) is 5.92. The molecule has 0 bridgehead atoms.